The van der Waals surface area contributed by atoms with E-state index in [9.17, 15) is 9.59 Å². The number of nitrogens with zero attached hydrogens (tertiary/aromatic N) is 3. The molecule has 6 nitrogen and oxygen atoms in total. The molecule has 0 radical (unpaired) electrons. The summed E-state index contributed by atoms with van der Waals surface area (Å²) in [4.78, 5) is 32.0. The minimum absolute atomic E-state index is 0.0172. The van der Waals surface area contributed by atoms with Gasteiger partial charge in [-0.2, -0.15) is 0 Å². The lowest BCUT2D eigenvalue weighted by molar-refractivity contribution is -0.118. The summed E-state index contributed by atoms with van der Waals surface area (Å²) in [6.45, 7) is 3.79. The fourth-order valence-electron chi connectivity index (χ4n) is 4.73. The number of carbonyl (C=O) groups excluding carboxylic acids is 2. The number of carbonyl (C=O) groups is 2. The lowest BCUT2D eigenvalue weighted by Crippen LogP contribution is -2.50. The molecule has 2 aromatic rings. The fraction of sp³-hybridized carbons (Fsp3) is 0.391. The van der Waals surface area contributed by atoms with Crippen molar-refractivity contribution in [2.75, 3.05) is 47.8 Å². The zero-order chi connectivity index (χ0) is 20.7. The number of piperidine rings is 1. The van der Waals surface area contributed by atoms with E-state index >= 15 is 0 Å². The summed E-state index contributed by atoms with van der Waals surface area (Å²) >= 11 is 5.98. The van der Waals surface area contributed by atoms with Crippen molar-refractivity contribution >= 4 is 40.5 Å². The fourth-order valence-corrected chi connectivity index (χ4v) is 4.86. The molecule has 0 aromatic heterocycles. The summed E-state index contributed by atoms with van der Waals surface area (Å²) in [6, 6.07) is 13.5. The second-order valence-electron chi connectivity index (χ2n) is 8.18. The first-order valence-corrected chi connectivity index (χ1v) is 11.0. The summed E-state index contributed by atoms with van der Waals surface area (Å²) in [7, 11) is 0. The quantitative estimate of drug-likeness (QED) is 0.800. The smallest absolute Gasteiger partial charge is 0.254 e. The molecule has 30 heavy (non-hydrogen) atoms. The predicted molar refractivity (Wildman–Crippen MR) is 120 cm³/mol. The average Bonchev–Trinajstić information content (AvgIpc) is 2.79. The van der Waals surface area contributed by atoms with Crippen LogP contribution >= 0.6 is 11.6 Å². The van der Waals surface area contributed by atoms with Crippen molar-refractivity contribution in [1.29, 1.82) is 0 Å². The van der Waals surface area contributed by atoms with Crippen LogP contribution in [-0.2, 0) is 4.79 Å². The molecule has 0 saturated carbocycles. The largest absolute Gasteiger partial charge is 0.368 e. The highest BCUT2D eigenvalue weighted by Crippen LogP contribution is 2.36. The first kappa shape index (κ1) is 19.2. The van der Waals surface area contributed by atoms with Crippen LogP contribution in [0.1, 0.15) is 29.6 Å². The van der Waals surface area contributed by atoms with Crippen molar-refractivity contribution in [1.82, 2.24) is 4.90 Å². The van der Waals surface area contributed by atoms with E-state index in [0.717, 1.165) is 61.0 Å². The number of piperazine rings is 1. The Balaban J connectivity index is 1.29. The number of nitrogens with one attached hydrogen (secondary N) is 1. The lowest BCUT2D eigenvalue weighted by atomic mass is 9.96. The van der Waals surface area contributed by atoms with Gasteiger partial charge in [-0.05, 0) is 61.7 Å². The zero-order valence-corrected chi connectivity index (χ0v) is 17.6. The first-order chi connectivity index (χ1) is 14.6. The number of anilines is 3. The molecule has 156 valence electrons. The molecule has 2 fully saturated rings. The first-order valence-electron chi connectivity index (χ1n) is 10.6. The Morgan fingerprint density at radius 3 is 2.50 bits per heavy atom. The van der Waals surface area contributed by atoms with Gasteiger partial charge in [-0.15, -0.1) is 0 Å². The van der Waals surface area contributed by atoms with Gasteiger partial charge < -0.3 is 20.0 Å². The van der Waals surface area contributed by atoms with Crippen molar-refractivity contribution in [3.05, 3.63) is 53.1 Å². The normalized spacial score (nSPS) is 21.0. The average molecular weight is 425 g/mol. The SMILES string of the molecule is O=C1Nc2cc(C(=O)N3CCN(c4ccc(Cl)cc4)CC3)ccc2N2CCCC[C@@H]12. The molecule has 1 atom stereocenters. The Bertz CT molecular complexity index is 970. The molecule has 5 rings (SSSR count). The molecule has 3 aliphatic rings. The van der Waals surface area contributed by atoms with Crippen molar-refractivity contribution in [3.8, 4) is 0 Å². The zero-order valence-electron chi connectivity index (χ0n) is 16.8. The molecule has 0 unspecified atom stereocenters. The van der Waals surface area contributed by atoms with Crippen LogP contribution in [-0.4, -0.2) is 55.5 Å². The van der Waals surface area contributed by atoms with Gasteiger partial charge in [0.05, 0.1) is 11.4 Å². The number of rotatable bonds is 2. The van der Waals surface area contributed by atoms with Gasteiger partial charge in [0.2, 0.25) is 5.91 Å². The third-order valence-corrected chi connectivity index (χ3v) is 6.63. The molecule has 2 aromatic carbocycles. The highest BCUT2D eigenvalue weighted by atomic mass is 35.5. The molecule has 2 saturated heterocycles. The van der Waals surface area contributed by atoms with Crippen molar-refractivity contribution in [3.63, 3.8) is 0 Å². The molecule has 0 aliphatic carbocycles. The standard InChI is InChI=1S/C23H25ClN4O2/c24-17-5-7-18(8-6-17)26-11-13-27(14-12-26)23(30)16-4-9-20-19(15-16)25-22(29)21-3-1-2-10-28(20)21/h4-9,15,21H,1-3,10-14H2,(H,25,29)/t21-/m0/s1. The van der Waals surface area contributed by atoms with Gasteiger partial charge in [0.15, 0.2) is 0 Å². The van der Waals surface area contributed by atoms with Crippen LogP contribution < -0.4 is 15.1 Å². The summed E-state index contributed by atoms with van der Waals surface area (Å²) in [6.07, 6.45) is 3.08. The number of hydrogen-bond acceptors (Lipinski definition) is 4. The Kier molecular flexibility index (Phi) is 5.03. The van der Waals surface area contributed by atoms with Crippen LogP contribution in [0, 0.1) is 0 Å². The minimum Gasteiger partial charge on any atom is -0.368 e. The van der Waals surface area contributed by atoms with Crippen LogP contribution in [0.25, 0.3) is 0 Å². The Morgan fingerprint density at radius 2 is 1.73 bits per heavy atom. The number of fused-ring (bicyclic) bond motifs is 3. The van der Waals surface area contributed by atoms with E-state index in [1.165, 1.54) is 0 Å². The highest BCUT2D eigenvalue weighted by molar-refractivity contribution is 6.30. The van der Waals surface area contributed by atoms with Crippen molar-refractivity contribution in [2.24, 2.45) is 0 Å². The van der Waals surface area contributed by atoms with E-state index in [1.54, 1.807) is 0 Å². The number of hydrogen-bond donors (Lipinski definition) is 1. The summed E-state index contributed by atoms with van der Waals surface area (Å²) in [5, 5.41) is 3.74. The van der Waals surface area contributed by atoms with E-state index in [4.69, 9.17) is 11.6 Å². The Hall–Kier alpha value is -2.73. The topological polar surface area (TPSA) is 55.9 Å². The van der Waals surface area contributed by atoms with Gasteiger partial charge in [0, 0.05) is 49.0 Å². The van der Waals surface area contributed by atoms with Crippen molar-refractivity contribution < 1.29 is 9.59 Å². The van der Waals surface area contributed by atoms with E-state index in [1.807, 2.05) is 47.4 Å². The summed E-state index contributed by atoms with van der Waals surface area (Å²) < 4.78 is 0. The van der Waals surface area contributed by atoms with Gasteiger partial charge in [-0.25, -0.2) is 0 Å². The van der Waals surface area contributed by atoms with Crippen LogP contribution in [0.2, 0.25) is 5.02 Å². The highest BCUT2D eigenvalue weighted by Gasteiger charge is 2.35. The van der Waals surface area contributed by atoms with E-state index < -0.39 is 0 Å². The third kappa shape index (κ3) is 3.49. The number of halogens is 1. The van der Waals surface area contributed by atoms with Crippen LogP contribution in [0.5, 0.6) is 0 Å². The molecule has 3 heterocycles. The van der Waals surface area contributed by atoms with Gasteiger partial charge >= 0.3 is 0 Å². The molecular weight excluding hydrogens is 400 g/mol. The lowest BCUT2D eigenvalue weighted by Gasteiger charge is -2.41. The molecule has 3 aliphatic heterocycles. The number of amides is 2. The maximum atomic E-state index is 13.1. The van der Waals surface area contributed by atoms with E-state index in [0.29, 0.717) is 18.7 Å². The Labute approximate surface area is 181 Å². The molecule has 2 amide bonds. The minimum atomic E-state index is -0.0752. The predicted octanol–water partition coefficient (Wildman–Crippen LogP) is 3.61. The molecule has 7 heteroatoms. The second-order valence-corrected chi connectivity index (χ2v) is 8.62. The monoisotopic (exact) mass is 424 g/mol. The van der Waals surface area contributed by atoms with Crippen LogP contribution in [0.15, 0.2) is 42.5 Å². The van der Waals surface area contributed by atoms with Gasteiger partial charge in [-0.3, -0.25) is 9.59 Å². The van der Waals surface area contributed by atoms with E-state index in [2.05, 4.69) is 15.1 Å². The summed E-state index contributed by atoms with van der Waals surface area (Å²) in [5.74, 6) is 0.0620. The van der Waals surface area contributed by atoms with Gasteiger partial charge in [-0.1, -0.05) is 11.6 Å². The maximum absolute atomic E-state index is 13.1. The van der Waals surface area contributed by atoms with Gasteiger partial charge in [0.25, 0.3) is 5.91 Å². The van der Waals surface area contributed by atoms with Crippen LogP contribution in [0.3, 0.4) is 0 Å². The summed E-state index contributed by atoms with van der Waals surface area (Å²) in [5.41, 5.74) is 3.54. The second kappa shape index (κ2) is 7.84. The van der Waals surface area contributed by atoms with Gasteiger partial charge in [0.1, 0.15) is 6.04 Å². The van der Waals surface area contributed by atoms with E-state index in [-0.39, 0.29) is 17.9 Å². The molecule has 0 bridgehead atoms. The molecule has 0 spiro atoms. The molecule has 1 N–H and O–H groups in total. The molecular formula is C23H25ClN4O2. The van der Waals surface area contributed by atoms with Crippen molar-refractivity contribution in [2.45, 2.75) is 25.3 Å². The maximum Gasteiger partial charge on any atom is 0.254 e. The number of benzene rings is 2. The Morgan fingerprint density at radius 1 is 0.967 bits per heavy atom. The third-order valence-electron chi connectivity index (χ3n) is 6.37. The van der Waals surface area contributed by atoms with Crippen LogP contribution in [0.4, 0.5) is 17.1 Å².